The van der Waals surface area contributed by atoms with Gasteiger partial charge < -0.3 is 10.1 Å². The molecule has 2 rings (SSSR count). The highest BCUT2D eigenvalue weighted by Crippen LogP contribution is 2.15. The quantitative estimate of drug-likeness (QED) is 0.810. The Morgan fingerprint density at radius 1 is 1.17 bits per heavy atom. The summed E-state index contributed by atoms with van der Waals surface area (Å²) in [7, 11) is 2.72. The minimum Gasteiger partial charge on any atom is -0.452 e. The van der Waals surface area contributed by atoms with Crippen molar-refractivity contribution >= 4 is 29.3 Å². The maximum Gasteiger partial charge on any atom is 0.340 e. The van der Waals surface area contributed by atoms with Crippen LogP contribution in [0.15, 0.2) is 39.9 Å². The monoisotopic (exact) mass is 351 g/mol. The number of hydrogen-bond acceptors (Lipinski definition) is 5. The summed E-state index contributed by atoms with van der Waals surface area (Å²) < 4.78 is 6.85. The van der Waals surface area contributed by atoms with Crippen LogP contribution >= 0.6 is 11.6 Å². The number of carbonyl (C=O) groups excluding carboxylic acids is 2. The molecule has 0 saturated carbocycles. The molecule has 0 unspecified atom stereocenters. The molecule has 0 aliphatic carbocycles. The second-order valence-corrected chi connectivity index (χ2v) is 5.28. The topological polar surface area (TPSA) is 99.4 Å². The summed E-state index contributed by atoms with van der Waals surface area (Å²) in [6.07, 6.45) is 0. The molecular formula is C15H14ClN3O5. The van der Waals surface area contributed by atoms with E-state index in [1.165, 1.54) is 26.2 Å². The molecule has 0 atom stereocenters. The van der Waals surface area contributed by atoms with Crippen molar-refractivity contribution in [2.75, 3.05) is 11.9 Å². The first-order valence-electron chi connectivity index (χ1n) is 6.80. The number of carbonyl (C=O) groups is 2. The number of hydrogen-bond donors (Lipinski definition) is 1. The van der Waals surface area contributed by atoms with E-state index in [2.05, 4.69) is 5.32 Å². The van der Waals surface area contributed by atoms with Crippen molar-refractivity contribution < 1.29 is 14.3 Å². The SMILES string of the molecule is Cn1c(NC(=O)COC(=O)c2ccccc2Cl)cc(=O)n(C)c1=O. The fourth-order valence-corrected chi connectivity index (χ4v) is 2.08. The van der Waals surface area contributed by atoms with Crippen molar-refractivity contribution in [3.63, 3.8) is 0 Å². The van der Waals surface area contributed by atoms with Gasteiger partial charge in [0.15, 0.2) is 6.61 Å². The lowest BCUT2D eigenvalue weighted by Gasteiger charge is -2.11. The zero-order chi connectivity index (χ0) is 17.9. The van der Waals surface area contributed by atoms with Gasteiger partial charge in [0.05, 0.1) is 10.6 Å². The van der Waals surface area contributed by atoms with Crippen LogP contribution in [-0.4, -0.2) is 27.6 Å². The summed E-state index contributed by atoms with van der Waals surface area (Å²) >= 11 is 5.86. The van der Waals surface area contributed by atoms with Crippen LogP contribution in [0.3, 0.4) is 0 Å². The molecule has 0 spiro atoms. The normalized spacial score (nSPS) is 10.3. The minimum atomic E-state index is -0.756. The Labute approximate surface area is 141 Å². The van der Waals surface area contributed by atoms with Gasteiger partial charge in [-0.2, -0.15) is 0 Å². The van der Waals surface area contributed by atoms with E-state index in [4.69, 9.17) is 16.3 Å². The van der Waals surface area contributed by atoms with Crippen LogP contribution in [0.4, 0.5) is 5.82 Å². The summed E-state index contributed by atoms with van der Waals surface area (Å²) in [4.78, 5) is 47.0. The molecule has 9 heteroatoms. The van der Waals surface area contributed by atoms with Gasteiger partial charge in [-0.25, -0.2) is 9.59 Å². The summed E-state index contributed by atoms with van der Waals surface area (Å²) in [6.45, 7) is -0.590. The van der Waals surface area contributed by atoms with E-state index >= 15 is 0 Å². The molecule has 24 heavy (non-hydrogen) atoms. The number of nitrogens with zero attached hydrogens (tertiary/aromatic N) is 2. The Hall–Kier alpha value is -2.87. The molecule has 1 aromatic heterocycles. The molecule has 1 aromatic carbocycles. The molecule has 1 heterocycles. The first-order chi connectivity index (χ1) is 11.3. The molecule has 0 bridgehead atoms. The van der Waals surface area contributed by atoms with Crippen molar-refractivity contribution in [3.8, 4) is 0 Å². The third-order valence-electron chi connectivity index (χ3n) is 3.22. The number of anilines is 1. The number of nitrogens with one attached hydrogen (secondary N) is 1. The largest absolute Gasteiger partial charge is 0.452 e. The maximum absolute atomic E-state index is 11.8. The van der Waals surface area contributed by atoms with Gasteiger partial charge in [-0.1, -0.05) is 23.7 Å². The molecule has 0 saturated heterocycles. The number of amides is 1. The van der Waals surface area contributed by atoms with Crippen LogP contribution < -0.4 is 16.6 Å². The van der Waals surface area contributed by atoms with Crippen molar-refractivity contribution in [2.24, 2.45) is 14.1 Å². The van der Waals surface area contributed by atoms with Gasteiger partial charge in [0.2, 0.25) is 0 Å². The van der Waals surface area contributed by atoms with E-state index in [1.54, 1.807) is 12.1 Å². The standard InChI is InChI=1S/C15H14ClN3O5/c1-18-11(7-13(21)19(2)15(18)23)17-12(20)8-24-14(22)9-5-3-4-6-10(9)16/h3-7H,8H2,1-2H3,(H,17,20). The zero-order valence-electron chi connectivity index (χ0n) is 12.9. The summed E-state index contributed by atoms with van der Waals surface area (Å²) in [5.41, 5.74) is -1.03. The predicted octanol–water partition coefficient (Wildman–Crippen LogP) is 0.533. The van der Waals surface area contributed by atoms with Gasteiger partial charge in [-0.15, -0.1) is 0 Å². The van der Waals surface area contributed by atoms with Gasteiger partial charge in [0.25, 0.3) is 11.5 Å². The molecule has 8 nitrogen and oxygen atoms in total. The Morgan fingerprint density at radius 3 is 2.50 bits per heavy atom. The smallest absolute Gasteiger partial charge is 0.340 e. The van der Waals surface area contributed by atoms with E-state index < -0.39 is 29.7 Å². The molecule has 2 aromatic rings. The first kappa shape index (κ1) is 17.5. The highest BCUT2D eigenvalue weighted by Gasteiger charge is 2.14. The molecule has 126 valence electrons. The van der Waals surface area contributed by atoms with Gasteiger partial charge in [0, 0.05) is 20.2 Å². The summed E-state index contributed by atoms with van der Waals surface area (Å²) in [5.74, 6) is -1.45. The van der Waals surface area contributed by atoms with Crippen molar-refractivity contribution in [3.05, 3.63) is 61.8 Å². The van der Waals surface area contributed by atoms with Crippen LogP contribution in [-0.2, 0) is 23.6 Å². The lowest BCUT2D eigenvalue weighted by Crippen LogP contribution is -2.38. The van der Waals surface area contributed by atoms with E-state index in [0.717, 1.165) is 15.2 Å². The maximum atomic E-state index is 11.8. The molecule has 1 N–H and O–H groups in total. The number of ether oxygens (including phenoxy) is 1. The molecule has 0 aliphatic heterocycles. The van der Waals surface area contributed by atoms with Crippen molar-refractivity contribution in [1.29, 1.82) is 0 Å². The summed E-state index contributed by atoms with van der Waals surface area (Å²) in [6, 6.07) is 7.34. The van der Waals surface area contributed by atoms with Crippen LogP contribution in [0.5, 0.6) is 0 Å². The molecule has 0 fully saturated rings. The Morgan fingerprint density at radius 2 is 1.83 bits per heavy atom. The average molecular weight is 352 g/mol. The van der Waals surface area contributed by atoms with E-state index in [1.807, 2.05) is 0 Å². The number of esters is 1. The Kier molecular flexibility index (Phi) is 5.20. The highest BCUT2D eigenvalue weighted by molar-refractivity contribution is 6.33. The average Bonchev–Trinajstić information content (AvgIpc) is 2.56. The van der Waals surface area contributed by atoms with Gasteiger partial charge in [-0.05, 0) is 12.1 Å². The third-order valence-corrected chi connectivity index (χ3v) is 3.55. The lowest BCUT2D eigenvalue weighted by atomic mass is 10.2. The number of aromatic nitrogens is 2. The van der Waals surface area contributed by atoms with Crippen LogP contribution in [0.25, 0.3) is 0 Å². The fourth-order valence-electron chi connectivity index (χ4n) is 1.87. The molecule has 1 amide bonds. The van der Waals surface area contributed by atoms with Gasteiger partial charge >= 0.3 is 11.7 Å². The number of halogens is 1. The molecule has 0 aliphatic rings. The lowest BCUT2D eigenvalue weighted by molar-refractivity contribution is -0.119. The van der Waals surface area contributed by atoms with E-state index in [-0.39, 0.29) is 16.4 Å². The fraction of sp³-hybridized carbons (Fsp3) is 0.200. The van der Waals surface area contributed by atoms with Gasteiger partial charge in [0.1, 0.15) is 5.82 Å². The number of rotatable bonds is 4. The number of benzene rings is 1. The first-order valence-corrected chi connectivity index (χ1v) is 7.17. The minimum absolute atomic E-state index is 0.00175. The van der Waals surface area contributed by atoms with Crippen LogP contribution in [0.1, 0.15) is 10.4 Å². The molecular weight excluding hydrogens is 338 g/mol. The third kappa shape index (κ3) is 3.72. The van der Waals surface area contributed by atoms with Crippen molar-refractivity contribution in [2.45, 2.75) is 0 Å². The Bertz CT molecular complexity index is 916. The predicted molar refractivity (Wildman–Crippen MR) is 87.3 cm³/mol. The van der Waals surface area contributed by atoms with Crippen molar-refractivity contribution in [1.82, 2.24) is 9.13 Å². The second kappa shape index (κ2) is 7.14. The molecule has 0 radical (unpaired) electrons. The second-order valence-electron chi connectivity index (χ2n) is 4.87. The van der Waals surface area contributed by atoms with Crippen LogP contribution in [0.2, 0.25) is 5.02 Å². The van der Waals surface area contributed by atoms with E-state index in [0.29, 0.717) is 0 Å². The van der Waals surface area contributed by atoms with E-state index in [9.17, 15) is 19.2 Å². The Balaban J connectivity index is 2.05. The van der Waals surface area contributed by atoms with Crippen LogP contribution in [0, 0.1) is 0 Å². The zero-order valence-corrected chi connectivity index (χ0v) is 13.7. The summed E-state index contributed by atoms with van der Waals surface area (Å²) in [5, 5.41) is 2.55. The van der Waals surface area contributed by atoms with Gasteiger partial charge in [-0.3, -0.25) is 18.7 Å². The highest BCUT2D eigenvalue weighted by atomic mass is 35.5.